The number of alkyl halides is 2. The van der Waals surface area contributed by atoms with Gasteiger partial charge in [0.15, 0.2) is 5.82 Å². The number of rotatable bonds is 3. The van der Waals surface area contributed by atoms with Crippen molar-refractivity contribution in [3.8, 4) is 0 Å². The quantitative estimate of drug-likeness (QED) is 0.811. The molecule has 1 rings (SSSR count). The van der Waals surface area contributed by atoms with Gasteiger partial charge in [-0.15, -0.1) is 0 Å². The largest absolute Gasteiger partial charge is 0.388 e. The third kappa shape index (κ3) is 2.04. The zero-order chi connectivity index (χ0) is 10.8. The minimum Gasteiger partial charge on any atom is -0.388 e. The van der Waals surface area contributed by atoms with Gasteiger partial charge in [0, 0.05) is 18.3 Å². The second-order valence-corrected chi connectivity index (χ2v) is 3.32. The van der Waals surface area contributed by atoms with Crippen molar-refractivity contribution < 1.29 is 13.9 Å². The first-order valence-electron chi connectivity index (χ1n) is 4.28. The van der Waals surface area contributed by atoms with Crippen molar-refractivity contribution in [2.45, 2.75) is 26.4 Å². The molecule has 0 aromatic carbocycles. The molecule has 0 bridgehead atoms. The summed E-state index contributed by atoms with van der Waals surface area (Å²) >= 11 is 0. The fourth-order valence-electron chi connectivity index (χ4n) is 0.942. The van der Waals surface area contributed by atoms with E-state index in [0.717, 1.165) is 12.4 Å². The van der Waals surface area contributed by atoms with Crippen LogP contribution in [0, 0.1) is 5.92 Å². The number of aliphatic hydroxyl groups excluding tert-OH is 1. The topological polar surface area (TPSA) is 46.0 Å². The maximum absolute atomic E-state index is 13.4. The zero-order valence-electron chi connectivity index (χ0n) is 8.04. The minimum atomic E-state index is -2.92. The van der Waals surface area contributed by atoms with Gasteiger partial charge in [0.2, 0.25) is 0 Å². The van der Waals surface area contributed by atoms with Gasteiger partial charge < -0.3 is 5.11 Å². The normalized spacial score (nSPS) is 12.1. The highest BCUT2D eigenvalue weighted by atomic mass is 19.3. The lowest BCUT2D eigenvalue weighted by Gasteiger charge is -2.19. The van der Waals surface area contributed by atoms with E-state index in [2.05, 4.69) is 9.97 Å². The maximum atomic E-state index is 13.4. The molecule has 1 heterocycles. The first kappa shape index (κ1) is 11.0. The van der Waals surface area contributed by atoms with Crippen molar-refractivity contribution in [3.05, 3.63) is 23.8 Å². The molecule has 0 unspecified atom stereocenters. The van der Waals surface area contributed by atoms with E-state index in [0.29, 0.717) is 0 Å². The molecule has 78 valence electrons. The molecule has 1 N–H and O–H groups in total. The number of hydrogen-bond donors (Lipinski definition) is 1. The Hall–Kier alpha value is -1.10. The average Bonchev–Trinajstić information content (AvgIpc) is 2.17. The van der Waals surface area contributed by atoms with E-state index in [1.54, 1.807) is 0 Å². The SMILES string of the molecule is CC(C)C(F)(F)c1cnc(CO)nc1. The Balaban J connectivity index is 2.97. The predicted octanol–water partition coefficient (Wildman–Crippen LogP) is 1.72. The fraction of sp³-hybridized carbons (Fsp3) is 0.556. The summed E-state index contributed by atoms with van der Waals surface area (Å²) in [5.41, 5.74) is -0.218. The van der Waals surface area contributed by atoms with Gasteiger partial charge in [0.05, 0.1) is 5.56 Å². The predicted molar refractivity (Wildman–Crippen MR) is 46.7 cm³/mol. The second-order valence-electron chi connectivity index (χ2n) is 3.32. The molecule has 0 spiro atoms. The molecule has 3 nitrogen and oxygen atoms in total. The monoisotopic (exact) mass is 202 g/mol. The Morgan fingerprint density at radius 1 is 1.36 bits per heavy atom. The van der Waals surface area contributed by atoms with Crippen LogP contribution in [0.2, 0.25) is 0 Å². The van der Waals surface area contributed by atoms with Crippen LogP contribution in [0.5, 0.6) is 0 Å². The third-order valence-corrected chi connectivity index (χ3v) is 1.96. The molecule has 0 saturated carbocycles. The number of hydrogen-bond acceptors (Lipinski definition) is 3. The van der Waals surface area contributed by atoms with E-state index < -0.39 is 11.8 Å². The summed E-state index contributed by atoms with van der Waals surface area (Å²) in [4.78, 5) is 7.21. The van der Waals surface area contributed by atoms with Crippen LogP contribution in [-0.2, 0) is 12.5 Å². The highest BCUT2D eigenvalue weighted by Crippen LogP contribution is 2.34. The van der Waals surface area contributed by atoms with Crippen LogP contribution in [0.15, 0.2) is 12.4 Å². The number of halogens is 2. The van der Waals surface area contributed by atoms with Crippen molar-refractivity contribution in [2.24, 2.45) is 5.92 Å². The summed E-state index contributed by atoms with van der Waals surface area (Å²) in [6.07, 6.45) is 2.11. The van der Waals surface area contributed by atoms with Gasteiger partial charge in [-0.25, -0.2) is 18.7 Å². The first-order chi connectivity index (χ1) is 6.48. The Kier molecular flexibility index (Phi) is 3.10. The van der Waals surface area contributed by atoms with E-state index in [9.17, 15) is 8.78 Å². The van der Waals surface area contributed by atoms with Crippen molar-refractivity contribution >= 4 is 0 Å². The van der Waals surface area contributed by atoms with E-state index >= 15 is 0 Å². The van der Waals surface area contributed by atoms with Crippen LogP contribution in [0.1, 0.15) is 25.2 Å². The average molecular weight is 202 g/mol. The molecular weight excluding hydrogens is 190 g/mol. The Morgan fingerprint density at radius 3 is 2.21 bits per heavy atom. The molecule has 0 atom stereocenters. The Morgan fingerprint density at radius 2 is 1.86 bits per heavy atom. The zero-order valence-corrected chi connectivity index (χ0v) is 8.04. The van der Waals surface area contributed by atoms with Gasteiger partial charge >= 0.3 is 0 Å². The number of nitrogens with zero attached hydrogens (tertiary/aromatic N) is 2. The third-order valence-electron chi connectivity index (χ3n) is 1.96. The summed E-state index contributed by atoms with van der Waals surface area (Å²) in [6, 6.07) is 0. The van der Waals surface area contributed by atoms with Crippen LogP contribution in [-0.4, -0.2) is 15.1 Å². The smallest absolute Gasteiger partial charge is 0.278 e. The standard InChI is InChI=1S/C9H12F2N2O/c1-6(2)9(10,11)7-3-12-8(5-14)13-4-7/h3-4,6,14H,5H2,1-2H3. The lowest BCUT2D eigenvalue weighted by molar-refractivity contribution is -0.0520. The van der Waals surface area contributed by atoms with Crippen LogP contribution >= 0.6 is 0 Å². The summed E-state index contributed by atoms with van der Waals surface area (Å²) in [5.74, 6) is -3.58. The van der Waals surface area contributed by atoms with Gasteiger partial charge in [-0.1, -0.05) is 13.8 Å². The van der Waals surface area contributed by atoms with Gasteiger partial charge in [0.25, 0.3) is 5.92 Å². The molecule has 1 aromatic rings. The summed E-state index contributed by atoms with van der Waals surface area (Å²) in [5, 5.41) is 8.63. The van der Waals surface area contributed by atoms with Gasteiger partial charge in [-0.3, -0.25) is 0 Å². The fourth-order valence-corrected chi connectivity index (χ4v) is 0.942. The molecule has 1 aromatic heterocycles. The molecule has 0 aliphatic carbocycles. The summed E-state index contributed by atoms with van der Waals surface area (Å²) in [7, 11) is 0. The number of aromatic nitrogens is 2. The minimum absolute atomic E-state index is 0.147. The molecule has 0 radical (unpaired) electrons. The highest BCUT2D eigenvalue weighted by Gasteiger charge is 2.36. The van der Waals surface area contributed by atoms with Gasteiger partial charge in [-0.05, 0) is 0 Å². The molecule has 0 aliphatic heterocycles. The summed E-state index contributed by atoms with van der Waals surface area (Å²) < 4.78 is 26.7. The molecule has 0 amide bonds. The molecule has 14 heavy (non-hydrogen) atoms. The van der Waals surface area contributed by atoms with Crippen LogP contribution in [0.25, 0.3) is 0 Å². The lowest BCUT2D eigenvalue weighted by Crippen LogP contribution is -2.21. The van der Waals surface area contributed by atoms with Gasteiger partial charge in [0.1, 0.15) is 6.61 Å². The highest BCUT2D eigenvalue weighted by molar-refractivity contribution is 5.12. The molecule has 5 heteroatoms. The van der Waals surface area contributed by atoms with Crippen LogP contribution in [0.3, 0.4) is 0 Å². The van der Waals surface area contributed by atoms with Crippen molar-refractivity contribution in [1.82, 2.24) is 9.97 Å². The van der Waals surface area contributed by atoms with Gasteiger partial charge in [-0.2, -0.15) is 0 Å². The van der Waals surface area contributed by atoms with E-state index in [-0.39, 0.29) is 18.0 Å². The molecule has 0 aliphatic rings. The Labute approximate surface area is 80.8 Å². The van der Waals surface area contributed by atoms with E-state index in [1.165, 1.54) is 13.8 Å². The number of aliphatic hydroxyl groups is 1. The van der Waals surface area contributed by atoms with Crippen LogP contribution in [0.4, 0.5) is 8.78 Å². The maximum Gasteiger partial charge on any atom is 0.278 e. The lowest BCUT2D eigenvalue weighted by atomic mass is 10.0. The van der Waals surface area contributed by atoms with Crippen molar-refractivity contribution in [1.29, 1.82) is 0 Å². The summed E-state index contributed by atoms with van der Waals surface area (Å²) in [6.45, 7) is 2.52. The molecule has 0 saturated heterocycles. The van der Waals surface area contributed by atoms with E-state index in [4.69, 9.17) is 5.11 Å². The van der Waals surface area contributed by atoms with Crippen LogP contribution < -0.4 is 0 Å². The second kappa shape index (κ2) is 3.96. The Bertz CT molecular complexity index is 298. The van der Waals surface area contributed by atoms with Crippen molar-refractivity contribution in [2.75, 3.05) is 0 Å². The van der Waals surface area contributed by atoms with Crippen molar-refractivity contribution in [3.63, 3.8) is 0 Å². The molecule has 0 fully saturated rings. The molecular formula is C9H12F2N2O. The van der Waals surface area contributed by atoms with E-state index in [1.807, 2.05) is 0 Å². The first-order valence-corrected chi connectivity index (χ1v) is 4.28.